The lowest BCUT2D eigenvalue weighted by Crippen LogP contribution is -2.47. The first-order chi connectivity index (χ1) is 17.7. The third kappa shape index (κ3) is 5.70. The Morgan fingerprint density at radius 3 is 1.71 bits per heavy atom. The third-order valence-electron chi connectivity index (χ3n) is 5.75. The highest BCUT2D eigenvalue weighted by Gasteiger charge is 2.43. The Hall–Kier alpha value is -3.77. The predicted molar refractivity (Wildman–Crippen MR) is 127 cm³/mol. The van der Waals surface area contributed by atoms with Crippen molar-refractivity contribution in [2.24, 2.45) is 5.92 Å². The van der Waals surface area contributed by atoms with Crippen LogP contribution in [0.5, 0.6) is 0 Å². The Bertz CT molecular complexity index is 1400. The first kappa shape index (κ1) is 28.8. The average molecular weight is 572 g/mol. The summed E-state index contributed by atoms with van der Waals surface area (Å²) in [5, 5.41) is 42.6. The van der Waals surface area contributed by atoms with E-state index in [1.807, 2.05) is 0 Å². The van der Waals surface area contributed by atoms with Crippen molar-refractivity contribution in [2.45, 2.75) is 28.4 Å². The molecule has 0 unspecified atom stereocenters. The van der Waals surface area contributed by atoms with Gasteiger partial charge < -0.3 is 14.9 Å². The molecule has 3 rings (SSSR count). The highest BCUT2D eigenvalue weighted by molar-refractivity contribution is 8.04. The van der Waals surface area contributed by atoms with Crippen LogP contribution in [-0.2, 0) is 29.6 Å². The fourth-order valence-corrected chi connectivity index (χ4v) is 7.50. The van der Waals surface area contributed by atoms with E-state index in [9.17, 15) is 52.1 Å². The number of carbonyl (C=O) groups is 1. The van der Waals surface area contributed by atoms with Crippen molar-refractivity contribution in [3.63, 3.8) is 0 Å². The number of nitrogens with zero attached hydrogens (tertiary/aromatic N) is 3. The minimum absolute atomic E-state index is 0.0170. The number of benzene rings is 2. The van der Waals surface area contributed by atoms with Crippen LogP contribution in [0.15, 0.2) is 70.0 Å². The van der Waals surface area contributed by atoms with Crippen LogP contribution in [0.2, 0.25) is 0 Å². The summed E-state index contributed by atoms with van der Waals surface area (Å²) >= 11 is 0. The molecule has 17 heteroatoms. The van der Waals surface area contributed by atoms with E-state index in [0.29, 0.717) is 0 Å². The Labute approximate surface area is 216 Å². The number of ether oxygens (including phenoxy) is 1. The number of carbonyl (C=O) groups excluding carboxylic acids is 1. The van der Waals surface area contributed by atoms with Gasteiger partial charge in [-0.05, 0) is 36.8 Å². The van der Waals surface area contributed by atoms with E-state index < -0.39 is 81.7 Å². The molecule has 0 fully saturated rings. The van der Waals surface area contributed by atoms with Gasteiger partial charge in [0, 0.05) is 42.3 Å². The van der Waals surface area contributed by atoms with E-state index in [1.54, 1.807) is 0 Å². The van der Waals surface area contributed by atoms with E-state index in [0.717, 1.165) is 61.7 Å². The summed E-state index contributed by atoms with van der Waals surface area (Å²) in [7, 11) is -8.94. The number of aliphatic hydroxyl groups is 2. The molecule has 0 radical (unpaired) electrons. The SMILES string of the molecule is COC(=O)C1=C[C@@H](O)[C@@H](O)[C@H](CN(S(=O)(=O)c2ccc([N+](=O)[O-])cc2)S(=O)(=O)c2ccc([N+](=O)[O-])cc2)C1. The zero-order chi connectivity index (χ0) is 28.4. The van der Waals surface area contributed by atoms with Crippen molar-refractivity contribution in [3.05, 3.63) is 80.4 Å². The van der Waals surface area contributed by atoms with Gasteiger partial charge in [0.05, 0.1) is 39.0 Å². The van der Waals surface area contributed by atoms with Gasteiger partial charge in [-0.1, -0.05) is 3.71 Å². The van der Waals surface area contributed by atoms with Gasteiger partial charge >= 0.3 is 5.97 Å². The largest absolute Gasteiger partial charge is 0.466 e. The van der Waals surface area contributed by atoms with E-state index in [2.05, 4.69) is 4.74 Å². The standard InChI is InChI=1S/C21H21N3O12S2/c1-36-21(27)13-10-14(20(26)19(25)11-13)12-22(37(32,33)17-6-2-15(3-7-17)23(28)29)38(34,35)18-8-4-16(5-9-18)24(30)31/h2-9,11,14,19-20,25-26H,10,12H2,1H3/t14-,19+,20-/m0/s1. The lowest BCUT2D eigenvalue weighted by atomic mass is 9.85. The highest BCUT2D eigenvalue weighted by Crippen LogP contribution is 2.32. The summed E-state index contributed by atoms with van der Waals surface area (Å²) < 4.78 is 58.9. The summed E-state index contributed by atoms with van der Waals surface area (Å²) in [4.78, 5) is 31.1. The van der Waals surface area contributed by atoms with Gasteiger partial charge in [0.1, 0.15) is 0 Å². The predicted octanol–water partition coefficient (Wildman–Crippen LogP) is 0.724. The first-order valence-corrected chi connectivity index (χ1v) is 13.5. The number of hydrogen-bond donors (Lipinski definition) is 2. The van der Waals surface area contributed by atoms with E-state index >= 15 is 0 Å². The number of esters is 1. The van der Waals surface area contributed by atoms with Crippen molar-refractivity contribution < 1.29 is 46.4 Å². The summed E-state index contributed by atoms with van der Waals surface area (Å²) in [5.74, 6) is -2.21. The van der Waals surface area contributed by atoms with Crippen molar-refractivity contribution in [1.82, 2.24) is 3.71 Å². The Balaban J connectivity index is 2.12. The monoisotopic (exact) mass is 571 g/mol. The number of hydrogen-bond acceptors (Lipinski definition) is 12. The molecule has 2 N–H and O–H groups in total. The molecule has 2 aromatic carbocycles. The van der Waals surface area contributed by atoms with E-state index in [1.165, 1.54) is 0 Å². The van der Waals surface area contributed by atoms with Gasteiger partial charge in [-0.3, -0.25) is 20.2 Å². The number of sulfonamides is 2. The molecular formula is C21H21N3O12S2. The van der Waals surface area contributed by atoms with Gasteiger partial charge in [-0.25, -0.2) is 21.6 Å². The molecule has 0 bridgehead atoms. The lowest BCUT2D eigenvalue weighted by Gasteiger charge is -2.33. The van der Waals surface area contributed by atoms with Crippen molar-refractivity contribution in [1.29, 1.82) is 0 Å². The highest BCUT2D eigenvalue weighted by atomic mass is 32.3. The van der Waals surface area contributed by atoms with Gasteiger partial charge in [0.15, 0.2) is 0 Å². The summed E-state index contributed by atoms with van der Waals surface area (Å²) in [6.45, 7) is -0.967. The molecule has 2 aromatic rings. The van der Waals surface area contributed by atoms with Crippen LogP contribution < -0.4 is 0 Å². The molecule has 1 aliphatic rings. The number of methoxy groups -OCH3 is 1. The van der Waals surface area contributed by atoms with Crippen molar-refractivity contribution >= 4 is 37.4 Å². The quantitative estimate of drug-likeness (QED) is 0.241. The fraction of sp³-hybridized carbons (Fsp3) is 0.286. The average Bonchev–Trinajstić information content (AvgIpc) is 2.88. The molecule has 1 aliphatic carbocycles. The number of rotatable bonds is 9. The van der Waals surface area contributed by atoms with Crippen LogP contribution in [0.25, 0.3) is 0 Å². The van der Waals surface area contributed by atoms with Crippen LogP contribution in [0.4, 0.5) is 11.4 Å². The third-order valence-corrected chi connectivity index (χ3v) is 10.0. The molecule has 15 nitrogen and oxygen atoms in total. The summed E-state index contributed by atoms with van der Waals surface area (Å²) in [6.07, 6.45) is -2.71. The second-order valence-corrected chi connectivity index (χ2v) is 12.1. The lowest BCUT2D eigenvalue weighted by molar-refractivity contribution is -0.385. The van der Waals surface area contributed by atoms with Gasteiger partial charge in [0.25, 0.3) is 31.4 Å². The smallest absolute Gasteiger partial charge is 0.333 e. The van der Waals surface area contributed by atoms with Gasteiger partial charge in [0.2, 0.25) is 0 Å². The van der Waals surface area contributed by atoms with E-state index in [4.69, 9.17) is 0 Å². The number of non-ortho nitro benzene ring substituents is 2. The van der Waals surface area contributed by atoms with Crippen LogP contribution in [-0.4, -0.2) is 72.4 Å². The zero-order valence-electron chi connectivity index (χ0n) is 19.5. The fourth-order valence-electron chi connectivity index (χ4n) is 3.74. The van der Waals surface area contributed by atoms with Crippen LogP contribution in [0.1, 0.15) is 6.42 Å². The number of nitro groups is 2. The van der Waals surface area contributed by atoms with Crippen LogP contribution >= 0.6 is 0 Å². The second-order valence-electron chi connectivity index (χ2n) is 8.10. The molecule has 0 aliphatic heterocycles. The number of nitro benzene ring substituents is 2. The van der Waals surface area contributed by atoms with Crippen LogP contribution in [0.3, 0.4) is 0 Å². The minimum Gasteiger partial charge on any atom is -0.466 e. The van der Waals surface area contributed by atoms with Crippen molar-refractivity contribution in [2.75, 3.05) is 13.7 Å². The maximum absolute atomic E-state index is 13.6. The van der Waals surface area contributed by atoms with E-state index in [-0.39, 0.29) is 15.7 Å². The molecule has 0 spiro atoms. The summed E-state index contributed by atoms with van der Waals surface area (Å²) in [6, 6.07) is 6.66. The molecule has 0 saturated carbocycles. The Kier molecular flexibility index (Phi) is 8.27. The molecule has 204 valence electrons. The molecule has 0 amide bonds. The topological polar surface area (TPSA) is 225 Å². The second kappa shape index (κ2) is 10.9. The summed E-state index contributed by atoms with van der Waals surface area (Å²) in [5.41, 5.74) is -1.06. The molecule has 38 heavy (non-hydrogen) atoms. The molecule has 3 atom stereocenters. The zero-order valence-corrected chi connectivity index (χ0v) is 21.1. The van der Waals surface area contributed by atoms with Crippen LogP contribution in [0, 0.1) is 26.1 Å². The maximum atomic E-state index is 13.6. The molecule has 0 saturated heterocycles. The first-order valence-electron chi connectivity index (χ1n) is 10.6. The molecule has 0 heterocycles. The van der Waals surface area contributed by atoms with Gasteiger partial charge in [-0.15, -0.1) is 0 Å². The minimum atomic E-state index is -5.00. The molecule has 0 aromatic heterocycles. The Morgan fingerprint density at radius 2 is 1.34 bits per heavy atom. The molecular weight excluding hydrogens is 550 g/mol. The Morgan fingerprint density at radius 1 is 0.921 bits per heavy atom. The normalized spacial score (nSPS) is 20.0. The maximum Gasteiger partial charge on any atom is 0.333 e. The van der Waals surface area contributed by atoms with Crippen molar-refractivity contribution in [3.8, 4) is 0 Å². The number of aliphatic hydroxyl groups excluding tert-OH is 2. The van der Waals surface area contributed by atoms with Gasteiger partial charge in [-0.2, -0.15) is 0 Å².